The van der Waals surface area contributed by atoms with Gasteiger partial charge in [0, 0.05) is 7.05 Å². The van der Waals surface area contributed by atoms with E-state index in [9.17, 15) is 0 Å². The molecule has 0 saturated heterocycles. The largest absolute Gasteiger partial charge is 0.394 e. The first-order chi connectivity index (χ1) is 5.15. The number of hydrogen-bond acceptors (Lipinski definition) is 4. The molecular formula is C6H12N4O. The average Bonchev–Trinajstić information content (AvgIpc) is 2.31. The van der Waals surface area contributed by atoms with Crippen LogP contribution in [0.2, 0.25) is 0 Å². The van der Waals surface area contributed by atoms with E-state index in [0.29, 0.717) is 5.82 Å². The third kappa shape index (κ3) is 1.55. The molecule has 0 aromatic carbocycles. The van der Waals surface area contributed by atoms with Gasteiger partial charge in [0.05, 0.1) is 12.6 Å². The first-order valence-electron chi connectivity index (χ1n) is 3.39. The van der Waals surface area contributed by atoms with E-state index < -0.39 is 6.04 Å². The van der Waals surface area contributed by atoms with Crippen LogP contribution in [0.4, 0.5) is 0 Å². The molecule has 0 aliphatic heterocycles. The van der Waals surface area contributed by atoms with E-state index in [1.165, 1.54) is 0 Å². The van der Waals surface area contributed by atoms with E-state index in [-0.39, 0.29) is 6.61 Å². The van der Waals surface area contributed by atoms with Crippen molar-refractivity contribution in [1.29, 1.82) is 0 Å². The predicted molar refractivity (Wildman–Crippen MR) is 39.8 cm³/mol. The Hall–Kier alpha value is -0.940. The lowest BCUT2D eigenvalue weighted by atomic mass is 10.3. The van der Waals surface area contributed by atoms with Crippen LogP contribution < -0.4 is 5.73 Å². The fourth-order valence-corrected chi connectivity index (χ4v) is 0.725. The van der Waals surface area contributed by atoms with Gasteiger partial charge in [-0.1, -0.05) is 0 Å². The molecule has 1 aromatic heterocycles. The zero-order chi connectivity index (χ0) is 8.43. The van der Waals surface area contributed by atoms with Crippen molar-refractivity contribution in [2.75, 3.05) is 6.61 Å². The maximum atomic E-state index is 8.67. The van der Waals surface area contributed by atoms with Crippen molar-refractivity contribution in [3.63, 3.8) is 0 Å². The number of rotatable bonds is 2. The van der Waals surface area contributed by atoms with Gasteiger partial charge in [-0.05, 0) is 6.92 Å². The maximum Gasteiger partial charge on any atom is 0.169 e. The van der Waals surface area contributed by atoms with Gasteiger partial charge in [-0.25, -0.2) is 4.98 Å². The number of nitrogens with zero attached hydrogens (tertiary/aromatic N) is 3. The van der Waals surface area contributed by atoms with E-state index in [4.69, 9.17) is 10.8 Å². The van der Waals surface area contributed by atoms with Crippen LogP contribution in [0.25, 0.3) is 0 Å². The highest BCUT2D eigenvalue weighted by Crippen LogP contribution is 2.03. The second-order valence-electron chi connectivity index (χ2n) is 2.43. The molecular weight excluding hydrogens is 144 g/mol. The van der Waals surface area contributed by atoms with Gasteiger partial charge >= 0.3 is 0 Å². The van der Waals surface area contributed by atoms with Crippen LogP contribution in [0, 0.1) is 6.92 Å². The van der Waals surface area contributed by atoms with Crippen molar-refractivity contribution in [3.8, 4) is 0 Å². The normalized spacial score (nSPS) is 13.5. The minimum absolute atomic E-state index is 0.122. The minimum atomic E-state index is -0.463. The summed E-state index contributed by atoms with van der Waals surface area (Å²) in [6.07, 6.45) is 0. The summed E-state index contributed by atoms with van der Waals surface area (Å²) in [5.74, 6) is 1.29. The van der Waals surface area contributed by atoms with Crippen molar-refractivity contribution >= 4 is 0 Å². The first-order valence-corrected chi connectivity index (χ1v) is 3.39. The van der Waals surface area contributed by atoms with E-state index in [1.54, 1.807) is 11.7 Å². The standard InChI is InChI=1S/C6H12N4O/c1-4-8-6(5(7)3-11)9-10(4)2/h5,11H,3,7H2,1-2H3. The molecule has 0 radical (unpaired) electrons. The van der Waals surface area contributed by atoms with Crippen LogP contribution in [-0.2, 0) is 7.05 Å². The summed E-state index contributed by atoms with van der Waals surface area (Å²) < 4.78 is 1.63. The molecule has 0 aliphatic rings. The number of aliphatic hydroxyl groups is 1. The Morgan fingerprint density at radius 1 is 1.73 bits per heavy atom. The van der Waals surface area contributed by atoms with E-state index >= 15 is 0 Å². The van der Waals surface area contributed by atoms with Gasteiger partial charge in [-0.15, -0.1) is 0 Å². The molecule has 62 valence electrons. The fourth-order valence-electron chi connectivity index (χ4n) is 0.725. The number of aromatic nitrogens is 3. The molecule has 3 N–H and O–H groups in total. The van der Waals surface area contributed by atoms with Crippen LogP contribution in [0.1, 0.15) is 17.7 Å². The molecule has 5 nitrogen and oxygen atoms in total. The van der Waals surface area contributed by atoms with E-state index in [2.05, 4.69) is 10.1 Å². The van der Waals surface area contributed by atoms with Crippen LogP contribution in [0.3, 0.4) is 0 Å². The van der Waals surface area contributed by atoms with Crippen molar-refractivity contribution in [2.45, 2.75) is 13.0 Å². The lowest BCUT2D eigenvalue weighted by molar-refractivity contribution is 0.263. The van der Waals surface area contributed by atoms with Crippen molar-refractivity contribution < 1.29 is 5.11 Å². The number of aryl methyl sites for hydroxylation is 2. The number of hydrogen-bond donors (Lipinski definition) is 2. The molecule has 1 unspecified atom stereocenters. The quantitative estimate of drug-likeness (QED) is 0.582. The van der Waals surface area contributed by atoms with Gasteiger partial charge in [-0.3, -0.25) is 4.68 Å². The molecule has 1 atom stereocenters. The van der Waals surface area contributed by atoms with Crippen molar-refractivity contribution in [2.24, 2.45) is 12.8 Å². The Kier molecular flexibility index (Phi) is 2.21. The predicted octanol–water partition coefficient (Wildman–Crippen LogP) is -0.884. The summed E-state index contributed by atoms with van der Waals surface area (Å²) in [5.41, 5.74) is 5.49. The molecule has 5 heteroatoms. The van der Waals surface area contributed by atoms with Gasteiger partial charge in [-0.2, -0.15) is 5.10 Å². The summed E-state index contributed by atoms with van der Waals surface area (Å²) >= 11 is 0. The fraction of sp³-hybridized carbons (Fsp3) is 0.667. The molecule has 11 heavy (non-hydrogen) atoms. The van der Waals surface area contributed by atoms with E-state index in [0.717, 1.165) is 5.82 Å². The molecule has 0 fully saturated rings. The SMILES string of the molecule is Cc1nc(C(N)CO)nn1C. The molecule has 1 heterocycles. The molecule has 0 saturated carbocycles. The highest BCUT2D eigenvalue weighted by Gasteiger charge is 2.10. The molecule has 1 rings (SSSR count). The number of nitrogens with two attached hydrogens (primary N) is 1. The minimum Gasteiger partial charge on any atom is -0.394 e. The van der Waals surface area contributed by atoms with Crippen molar-refractivity contribution in [1.82, 2.24) is 14.8 Å². The monoisotopic (exact) mass is 156 g/mol. The molecule has 1 aromatic rings. The summed E-state index contributed by atoms with van der Waals surface area (Å²) in [7, 11) is 1.79. The van der Waals surface area contributed by atoms with Gasteiger partial charge in [0.2, 0.25) is 0 Å². The van der Waals surface area contributed by atoms with Gasteiger partial charge in [0.15, 0.2) is 5.82 Å². The van der Waals surface area contributed by atoms with E-state index in [1.807, 2.05) is 6.92 Å². The lowest BCUT2D eigenvalue weighted by Crippen LogP contribution is -2.16. The topological polar surface area (TPSA) is 77.0 Å². The van der Waals surface area contributed by atoms with Crippen LogP contribution in [-0.4, -0.2) is 26.5 Å². The lowest BCUT2D eigenvalue weighted by Gasteiger charge is -1.99. The van der Waals surface area contributed by atoms with Crippen molar-refractivity contribution in [3.05, 3.63) is 11.6 Å². The average molecular weight is 156 g/mol. The third-order valence-corrected chi connectivity index (χ3v) is 1.53. The van der Waals surface area contributed by atoms with Gasteiger partial charge in [0.1, 0.15) is 5.82 Å². The van der Waals surface area contributed by atoms with Crippen LogP contribution >= 0.6 is 0 Å². The Balaban J connectivity index is 2.88. The third-order valence-electron chi connectivity index (χ3n) is 1.53. The van der Waals surface area contributed by atoms with Gasteiger partial charge in [0.25, 0.3) is 0 Å². The molecule has 0 aliphatic carbocycles. The number of aliphatic hydroxyl groups excluding tert-OH is 1. The summed E-state index contributed by atoms with van der Waals surface area (Å²) in [4.78, 5) is 4.05. The zero-order valence-electron chi connectivity index (χ0n) is 6.65. The van der Waals surface area contributed by atoms with Gasteiger partial charge < -0.3 is 10.8 Å². The summed E-state index contributed by atoms with van der Waals surface area (Å²) in [5, 5.41) is 12.7. The Morgan fingerprint density at radius 3 is 2.73 bits per heavy atom. The molecule has 0 bridgehead atoms. The zero-order valence-corrected chi connectivity index (χ0v) is 6.65. The highest BCUT2D eigenvalue weighted by molar-refractivity contribution is 4.95. The Bertz CT molecular complexity index is 225. The highest BCUT2D eigenvalue weighted by atomic mass is 16.3. The smallest absolute Gasteiger partial charge is 0.169 e. The van der Waals surface area contributed by atoms with Crippen LogP contribution in [0.5, 0.6) is 0 Å². The first kappa shape index (κ1) is 8.16. The second kappa shape index (κ2) is 2.98. The Labute approximate surface area is 64.9 Å². The Morgan fingerprint density at radius 2 is 2.36 bits per heavy atom. The van der Waals surface area contributed by atoms with Crippen LogP contribution in [0.15, 0.2) is 0 Å². The molecule has 0 amide bonds. The second-order valence-corrected chi connectivity index (χ2v) is 2.43. The summed E-state index contributed by atoms with van der Waals surface area (Å²) in [6, 6.07) is -0.463. The summed E-state index contributed by atoms with van der Waals surface area (Å²) in [6.45, 7) is 1.71. The maximum absolute atomic E-state index is 8.67. The molecule has 0 spiro atoms.